The Balaban J connectivity index is 2.21. The van der Waals surface area contributed by atoms with E-state index in [1.54, 1.807) is 12.1 Å². The summed E-state index contributed by atoms with van der Waals surface area (Å²) in [4.78, 5) is 13.1. The van der Waals surface area contributed by atoms with E-state index < -0.39 is 18.0 Å². The van der Waals surface area contributed by atoms with Crippen molar-refractivity contribution in [1.29, 1.82) is 0 Å². The fourth-order valence-electron chi connectivity index (χ4n) is 3.56. The average Bonchev–Trinajstić information content (AvgIpc) is 2.70. The van der Waals surface area contributed by atoms with Crippen LogP contribution in [-0.4, -0.2) is 32.3 Å². The van der Waals surface area contributed by atoms with Crippen LogP contribution in [-0.2, 0) is 12.8 Å². The number of fused-ring (bicyclic) bond motifs is 1. The molecule has 164 valence electrons. The number of rotatable bonds is 5. The first-order valence-corrected chi connectivity index (χ1v) is 10.2. The second-order valence-corrected chi connectivity index (χ2v) is 8.27. The zero-order valence-corrected chi connectivity index (χ0v) is 18.1. The van der Waals surface area contributed by atoms with Crippen molar-refractivity contribution in [3.63, 3.8) is 0 Å². The van der Waals surface area contributed by atoms with E-state index in [2.05, 4.69) is 0 Å². The molecule has 0 aliphatic carbocycles. The molecule has 3 rings (SSSR count). The number of benzene rings is 2. The van der Waals surface area contributed by atoms with Gasteiger partial charge < -0.3 is 25.2 Å². The van der Waals surface area contributed by atoms with E-state index in [0.717, 1.165) is 11.1 Å². The number of carbonyl (C=O) groups is 1. The van der Waals surface area contributed by atoms with Crippen LogP contribution in [0.25, 0.3) is 0 Å². The molecule has 2 aromatic carbocycles. The molecule has 6 heteroatoms. The molecule has 0 aromatic heterocycles. The highest BCUT2D eigenvalue weighted by atomic mass is 16.5. The number of phenols is 3. The first-order valence-electron chi connectivity index (χ1n) is 10.2. The Morgan fingerprint density at radius 1 is 0.903 bits per heavy atom. The predicted molar refractivity (Wildman–Crippen MR) is 118 cm³/mol. The normalized spacial score (nSPS) is 17.5. The van der Waals surface area contributed by atoms with Gasteiger partial charge in [-0.15, -0.1) is 0 Å². The molecule has 0 saturated carbocycles. The van der Waals surface area contributed by atoms with E-state index in [4.69, 9.17) is 4.74 Å². The maximum Gasteiger partial charge on any atom is 0.202 e. The molecule has 4 N–H and O–H groups in total. The minimum absolute atomic E-state index is 0.0456. The topological polar surface area (TPSA) is 107 Å². The summed E-state index contributed by atoms with van der Waals surface area (Å²) in [7, 11) is 0. The molecule has 1 aliphatic rings. The zero-order valence-electron chi connectivity index (χ0n) is 18.1. The van der Waals surface area contributed by atoms with Gasteiger partial charge in [0.2, 0.25) is 5.78 Å². The second-order valence-electron chi connectivity index (χ2n) is 8.27. The summed E-state index contributed by atoms with van der Waals surface area (Å²) in [6.45, 7) is 7.64. The number of aromatic hydroxyl groups is 3. The molecule has 1 heterocycles. The monoisotopic (exact) mass is 424 g/mol. The number of aliphatic hydroxyl groups is 1. The Hall–Kier alpha value is -3.25. The summed E-state index contributed by atoms with van der Waals surface area (Å²) < 4.78 is 6.03. The SMILES string of the molecule is CC(C)=CCc1c(O)c(CC=C(C)C)c2c(c1O)C(=O)[C@H](O)[C@H](c1ccc(O)cc1)O2. The summed E-state index contributed by atoms with van der Waals surface area (Å²) in [6.07, 6.45) is 1.69. The van der Waals surface area contributed by atoms with Crippen LogP contribution in [0.3, 0.4) is 0 Å². The number of allylic oxidation sites excluding steroid dienone is 4. The minimum Gasteiger partial charge on any atom is -0.508 e. The summed E-state index contributed by atoms with van der Waals surface area (Å²) >= 11 is 0. The number of phenolic OH excluding ortho intramolecular Hbond substituents is 3. The first kappa shape index (κ1) is 22.4. The van der Waals surface area contributed by atoms with Crippen molar-refractivity contribution in [3.05, 3.63) is 69.8 Å². The van der Waals surface area contributed by atoms with E-state index in [1.807, 2.05) is 39.8 Å². The van der Waals surface area contributed by atoms with Gasteiger partial charge in [-0.25, -0.2) is 0 Å². The number of aliphatic hydroxyl groups excluding tert-OH is 1. The largest absolute Gasteiger partial charge is 0.508 e. The quantitative estimate of drug-likeness (QED) is 0.527. The maximum absolute atomic E-state index is 13.1. The van der Waals surface area contributed by atoms with Gasteiger partial charge in [0, 0.05) is 11.1 Å². The number of ketones is 1. The lowest BCUT2D eigenvalue weighted by Crippen LogP contribution is -2.37. The van der Waals surface area contributed by atoms with E-state index in [0.29, 0.717) is 17.5 Å². The van der Waals surface area contributed by atoms with Crippen LogP contribution < -0.4 is 4.74 Å². The fraction of sp³-hybridized carbons (Fsp3) is 0.320. The van der Waals surface area contributed by atoms with Crippen LogP contribution in [0.15, 0.2) is 47.6 Å². The molecular formula is C25H28O6. The van der Waals surface area contributed by atoms with Crippen molar-refractivity contribution in [3.8, 4) is 23.0 Å². The number of Topliss-reactive ketones (excluding diaryl/α,β-unsaturated/α-hetero) is 1. The van der Waals surface area contributed by atoms with E-state index >= 15 is 0 Å². The Labute approximate surface area is 181 Å². The van der Waals surface area contributed by atoms with Crippen LogP contribution in [0.1, 0.15) is 60.8 Å². The van der Waals surface area contributed by atoms with Crippen LogP contribution in [0.2, 0.25) is 0 Å². The van der Waals surface area contributed by atoms with Crippen molar-refractivity contribution in [1.82, 2.24) is 0 Å². The van der Waals surface area contributed by atoms with Crippen LogP contribution in [0.5, 0.6) is 23.0 Å². The van der Waals surface area contributed by atoms with Crippen molar-refractivity contribution in [2.45, 2.75) is 52.7 Å². The summed E-state index contributed by atoms with van der Waals surface area (Å²) in [5.74, 6) is -1.06. The number of carbonyl (C=O) groups excluding carboxylic acids is 1. The molecule has 2 atom stereocenters. The lowest BCUT2D eigenvalue weighted by molar-refractivity contribution is 0.0206. The highest BCUT2D eigenvalue weighted by Crippen LogP contribution is 2.48. The van der Waals surface area contributed by atoms with E-state index in [1.165, 1.54) is 12.1 Å². The van der Waals surface area contributed by atoms with Crippen LogP contribution >= 0.6 is 0 Å². The van der Waals surface area contributed by atoms with Gasteiger partial charge in [-0.05, 0) is 58.2 Å². The van der Waals surface area contributed by atoms with Gasteiger partial charge in [0.1, 0.15) is 28.6 Å². The standard InChI is InChI=1S/C25H28O6/c1-13(2)5-11-17-20(27)18(12-6-14(3)4)25-19(21(17)28)22(29)23(30)24(31-25)15-7-9-16(26)10-8-15/h5-10,23-24,26-28,30H,11-12H2,1-4H3/t23-,24-/m0/s1. The van der Waals surface area contributed by atoms with Gasteiger partial charge >= 0.3 is 0 Å². The summed E-state index contributed by atoms with van der Waals surface area (Å²) in [6, 6.07) is 5.99. The molecule has 0 amide bonds. The molecular weight excluding hydrogens is 396 g/mol. The summed E-state index contributed by atoms with van der Waals surface area (Å²) in [5, 5.41) is 42.1. The molecule has 0 bridgehead atoms. The number of ether oxygens (including phenoxy) is 1. The van der Waals surface area contributed by atoms with Gasteiger partial charge in [-0.3, -0.25) is 4.79 Å². The molecule has 0 radical (unpaired) electrons. The van der Waals surface area contributed by atoms with Crippen molar-refractivity contribution < 1.29 is 30.0 Å². The van der Waals surface area contributed by atoms with Crippen LogP contribution in [0.4, 0.5) is 0 Å². The van der Waals surface area contributed by atoms with Gasteiger partial charge in [-0.2, -0.15) is 0 Å². The smallest absolute Gasteiger partial charge is 0.202 e. The van der Waals surface area contributed by atoms with Crippen molar-refractivity contribution in [2.24, 2.45) is 0 Å². The molecule has 0 saturated heterocycles. The lowest BCUT2D eigenvalue weighted by atomic mass is 9.87. The third-order valence-corrected chi connectivity index (χ3v) is 5.29. The highest BCUT2D eigenvalue weighted by Gasteiger charge is 2.41. The maximum atomic E-state index is 13.1. The number of hydrogen-bond donors (Lipinski definition) is 4. The van der Waals surface area contributed by atoms with E-state index in [-0.39, 0.29) is 40.5 Å². The lowest BCUT2D eigenvalue weighted by Gasteiger charge is -2.32. The molecule has 31 heavy (non-hydrogen) atoms. The molecule has 0 unspecified atom stereocenters. The van der Waals surface area contributed by atoms with Crippen molar-refractivity contribution in [2.75, 3.05) is 0 Å². The average molecular weight is 424 g/mol. The fourth-order valence-corrected chi connectivity index (χ4v) is 3.56. The van der Waals surface area contributed by atoms with Crippen molar-refractivity contribution >= 4 is 5.78 Å². The zero-order chi connectivity index (χ0) is 22.9. The second kappa shape index (κ2) is 8.86. The molecule has 6 nitrogen and oxygen atoms in total. The Kier molecular flexibility index (Phi) is 6.41. The first-order chi connectivity index (χ1) is 14.6. The summed E-state index contributed by atoms with van der Waals surface area (Å²) in [5.41, 5.74) is 3.00. The molecule has 1 aliphatic heterocycles. The molecule has 0 spiro atoms. The Morgan fingerprint density at radius 3 is 2.00 bits per heavy atom. The Bertz CT molecular complexity index is 1050. The minimum atomic E-state index is -1.54. The van der Waals surface area contributed by atoms with Gasteiger partial charge in [0.25, 0.3) is 0 Å². The van der Waals surface area contributed by atoms with Gasteiger partial charge in [-0.1, -0.05) is 35.4 Å². The predicted octanol–water partition coefficient (Wildman–Crippen LogP) is 4.50. The van der Waals surface area contributed by atoms with Gasteiger partial charge in [0.05, 0.1) is 0 Å². The Morgan fingerprint density at radius 2 is 1.45 bits per heavy atom. The van der Waals surface area contributed by atoms with Crippen LogP contribution in [0, 0.1) is 0 Å². The third kappa shape index (κ3) is 4.44. The highest BCUT2D eigenvalue weighted by molar-refractivity contribution is 6.06. The number of hydrogen-bond acceptors (Lipinski definition) is 6. The van der Waals surface area contributed by atoms with E-state index in [9.17, 15) is 25.2 Å². The van der Waals surface area contributed by atoms with Gasteiger partial charge in [0.15, 0.2) is 12.2 Å². The molecule has 0 fully saturated rings. The third-order valence-electron chi connectivity index (χ3n) is 5.29. The molecule has 2 aromatic rings.